The molecule has 1 saturated heterocycles. The van der Waals surface area contributed by atoms with E-state index in [1.165, 1.54) is 4.31 Å². The molecule has 144 valence electrons. The summed E-state index contributed by atoms with van der Waals surface area (Å²) in [6.07, 6.45) is 0.657. The predicted octanol–water partition coefficient (Wildman–Crippen LogP) is 3.66. The molecule has 1 amide bonds. The zero-order chi connectivity index (χ0) is 19.6. The van der Waals surface area contributed by atoms with Crippen LogP contribution in [0.2, 0.25) is 5.02 Å². The maximum absolute atomic E-state index is 13.4. The molecule has 0 aliphatic carbocycles. The third-order valence-corrected chi connectivity index (χ3v) is 6.58. The minimum absolute atomic E-state index is 0.120. The number of sulfonamides is 1. The van der Waals surface area contributed by atoms with Gasteiger partial charge in [-0.1, -0.05) is 17.7 Å². The maximum atomic E-state index is 13.4. The number of hydrogen-bond acceptors (Lipinski definition) is 3. The summed E-state index contributed by atoms with van der Waals surface area (Å²) < 4.78 is 52.7. The van der Waals surface area contributed by atoms with Gasteiger partial charge in [0.05, 0.1) is 4.90 Å². The highest BCUT2D eigenvalue weighted by Crippen LogP contribution is 2.26. The van der Waals surface area contributed by atoms with E-state index in [1.54, 1.807) is 24.3 Å². The number of piperidine rings is 1. The van der Waals surface area contributed by atoms with Gasteiger partial charge in [-0.15, -0.1) is 0 Å². The van der Waals surface area contributed by atoms with Crippen LogP contribution in [0.4, 0.5) is 14.5 Å². The second-order valence-electron chi connectivity index (χ2n) is 6.25. The van der Waals surface area contributed by atoms with E-state index < -0.39 is 21.7 Å². The SMILES string of the molecule is O=C(Nc1cccc(Cl)c1)C1CCN(S(=O)(=O)c2ccc(F)c(F)c2)CC1. The Balaban J connectivity index is 1.64. The van der Waals surface area contributed by atoms with Gasteiger partial charge >= 0.3 is 0 Å². The number of anilines is 1. The molecule has 0 atom stereocenters. The highest BCUT2D eigenvalue weighted by atomic mass is 35.5. The molecule has 9 heteroatoms. The standard InChI is InChI=1S/C18H17ClF2N2O3S/c19-13-2-1-3-14(10-13)22-18(24)12-6-8-23(9-7-12)27(25,26)15-4-5-16(20)17(21)11-15/h1-5,10-12H,6-9H2,(H,22,24). The average Bonchev–Trinajstić information content (AvgIpc) is 2.64. The summed E-state index contributed by atoms with van der Waals surface area (Å²) in [6, 6.07) is 9.24. The van der Waals surface area contributed by atoms with Crippen molar-refractivity contribution in [3.05, 3.63) is 59.1 Å². The Kier molecular flexibility index (Phi) is 5.78. The van der Waals surface area contributed by atoms with Crippen molar-refractivity contribution < 1.29 is 22.0 Å². The van der Waals surface area contributed by atoms with E-state index in [0.717, 1.165) is 12.1 Å². The highest BCUT2D eigenvalue weighted by Gasteiger charge is 2.32. The third kappa shape index (κ3) is 4.45. The number of nitrogens with one attached hydrogen (secondary N) is 1. The van der Waals surface area contributed by atoms with Crippen molar-refractivity contribution in [1.29, 1.82) is 0 Å². The molecule has 5 nitrogen and oxygen atoms in total. The van der Waals surface area contributed by atoms with Crippen molar-refractivity contribution in [3.63, 3.8) is 0 Å². The fourth-order valence-electron chi connectivity index (χ4n) is 2.96. The number of halogens is 3. The van der Waals surface area contributed by atoms with Crippen molar-refractivity contribution >= 4 is 33.2 Å². The number of amides is 1. The van der Waals surface area contributed by atoms with Crippen LogP contribution in [0, 0.1) is 17.6 Å². The van der Waals surface area contributed by atoms with E-state index in [1.807, 2.05) is 0 Å². The van der Waals surface area contributed by atoms with Crippen LogP contribution in [0.1, 0.15) is 12.8 Å². The molecule has 0 aromatic heterocycles. The van der Waals surface area contributed by atoms with E-state index >= 15 is 0 Å². The van der Waals surface area contributed by atoms with E-state index in [2.05, 4.69) is 5.32 Å². The molecule has 0 unspecified atom stereocenters. The van der Waals surface area contributed by atoms with Crippen LogP contribution in [-0.4, -0.2) is 31.7 Å². The Morgan fingerprint density at radius 2 is 1.78 bits per heavy atom. The summed E-state index contributed by atoms with van der Waals surface area (Å²) in [5.41, 5.74) is 0.573. The maximum Gasteiger partial charge on any atom is 0.243 e. The summed E-state index contributed by atoms with van der Waals surface area (Å²) >= 11 is 5.89. The molecule has 1 fully saturated rings. The summed E-state index contributed by atoms with van der Waals surface area (Å²) in [5, 5.41) is 3.27. The van der Waals surface area contributed by atoms with Gasteiger partial charge in [-0.05, 0) is 49.2 Å². The lowest BCUT2D eigenvalue weighted by atomic mass is 9.97. The minimum Gasteiger partial charge on any atom is -0.326 e. The van der Waals surface area contributed by atoms with Gasteiger partial charge in [0, 0.05) is 29.7 Å². The Morgan fingerprint density at radius 1 is 1.07 bits per heavy atom. The Bertz CT molecular complexity index is 961. The quantitative estimate of drug-likeness (QED) is 0.830. The molecule has 27 heavy (non-hydrogen) atoms. The van der Waals surface area contributed by atoms with Crippen LogP contribution >= 0.6 is 11.6 Å². The van der Waals surface area contributed by atoms with Crippen LogP contribution < -0.4 is 5.32 Å². The van der Waals surface area contributed by atoms with Crippen LogP contribution in [0.25, 0.3) is 0 Å². The van der Waals surface area contributed by atoms with E-state index in [-0.39, 0.29) is 29.8 Å². The largest absolute Gasteiger partial charge is 0.326 e. The van der Waals surface area contributed by atoms with Crippen LogP contribution in [0.3, 0.4) is 0 Å². The number of hydrogen-bond donors (Lipinski definition) is 1. The molecule has 1 heterocycles. The number of carbonyl (C=O) groups excluding carboxylic acids is 1. The number of carbonyl (C=O) groups is 1. The van der Waals surface area contributed by atoms with Gasteiger partial charge in [-0.2, -0.15) is 4.31 Å². The van der Waals surface area contributed by atoms with Gasteiger partial charge in [0.25, 0.3) is 0 Å². The molecule has 2 aromatic rings. The lowest BCUT2D eigenvalue weighted by Crippen LogP contribution is -2.41. The number of benzene rings is 2. The van der Waals surface area contributed by atoms with Gasteiger partial charge in [0.2, 0.25) is 15.9 Å². The molecule has 3 rings (SSSR count). The Morgan fingerprint density at radius 3 is 2.41 bits per heavy atom. The topological polar surface area (TPSA) is 66.5 Å². The smallest absolute Gasteiger partial charge is 0.243 e. The molecule has 1 N–H and O–H groups in total. The van der Waals surface area contributed by atoms with Gasteiger partial charge in [0.15, 0.2) is 11.6 Å². The lowest BCUT2D eigenvalue weighted by Gasteiger charge is -2.30. The first-order valence-corrected chi connectivity index (χ1v) is 10.1. The number of nitrogens with zero attached hydrogens (tertiary/aromatic N) is 1. The first-order valence-electron chi connectivity index (χ1n) is 8.29. The lowest BCUT2D eigenvalue weighted by molar-refractivity contribution is -0.120. The van der Waals surface area contributed by atoms with E-state index in [9.17, 15) is 22.0 Å². The number of rotatable bonds is 4. The molecule has 0 bridgehead atoms. The second-order valence-corrected chi connectivity index (χ2v) is 8.63. The molecule has 1 aliphatic rings. The third-order valence-electron chi connectivity index (χ3n) is 4.45. The van der Waals surface area contributed by atoms with E-state index in [4.69, 9.17) is 11.6 Å². The predicted molar refractivity (Wildman–Crippen MR) is 97.9 cm³/mol. The Hall–Kier alpha value is -2.03. The first-order chi connectivity index (χ1) is 12.8. The zero-order valence-electron chi connectivity index (χ0n) is 14.2. The van der Waals surface area contributed by atoms with E-state index in [0.29, 0.717) is 29.6 Å². The van der Waals surface area contributed by atoms with Gasteiger partial charge in [0.1, 0.15) is 0 Å². The van der Waals surface area contributed by atoms with Crippen molar-refractivity contribution in [1.82, 2.24) is 4.31 Å². The molecular weight excluding hydrogens is 398 g/mol. The van der Waals surface area contributed by atoms with Gasteiger partial charge < -0.3 is 5.32 Å². The zero-order valence-corrected chi connectivity index (χ0v) is 15.7. The summed E-state index contributed by atoms with van der Waals surface area (Å²) in [6.45, 7) is 0.240. The summed E-state index contributed by atoms with van der Waals surface area (Å²) in [4.78, 5) is 12.1. The molecule has 0 spiro atoms. The fraction of sp³-hybridized carbons (Fsp3) is 0.278. The molecule has 2 aromatic carbocycles. The van der Waals surface area contributed by atoms with Crippen LogP contribution in [0.15, 0.2) is 47.4 Å². The van der Waals surface area contributed by atoms with Crippen molar-refractivity contribution in [2.24, 2.45) is 5.92 Å². The normalized spacial score (nSPS) is 16.3. The van der Waals surface area contributed by atoms with Gasteiger partial charge in [-0.25, -0.2) is 17.2 Å². The van der Waals surface area contributed by atoms with Crippen molar-refractivity contribution in [2.45, 2.75) is 17.7 Å². The monoisotopic (exact) mass is 414 g/mol. The Labute approximate surface area is 161 Å². The highest BCUT2D eigenvalue weighted by molar-refractivity contribution is 7.89. The average molecular weight is 415 g/mol. The minimum atomic E-state index is -3.94. The molecule has 0 saturated carbocycles. The van der Waals surface area contributed by atoms with Crippen LogP contribution in [0.5, 0.6) is 0 Å². The fourth-order valence-corrected chi connectivity index (χ4v) is 4.63. The second kappa shape index (κ2) is 7.92. The van der Waals surface area contributed by atoms with Crippen LogP contribution in [-0.2, 0) is 14.8 Å². The van der Waals surface area contributed by atoms with Gasteiger partial charge in [-0.3, -0.25) is 4.79 Å². The summed E-state index contributed by atoms with van der Waals surface area (Å²) in [7, 11) is -3.94. The molecular formula is C18H17ClF2N2O3S. The molecule has 1 aliphatic heterocycles. The van der Waals surface area contributed by atoms with Crippen molar-refractivity contribution in [2.75, 3.05) is 18.4 Å². The van der Waals surface area contributed by atoms with Crippen molar-refractivity contribution in [3.8, 4) is 0 Å². The summed E-state index contributed by atoms with van der Waals surface area (Å²) in [5.74, 6) is -2.88. The molecule has 0 radical (unpaired) electrons. The first kappa shape index (κ1) is 19.7.